The molecule has 3 nitrogen and oxygen atoms in total. The molecule has 17 heavy (non-hydrogen) atoms. The van der Waals surface area contributed by atoms with E-state index >= 15 is 0 Å². The zero-order chi connectivity index (χ0) is 12.6. The van der Waals surface area contributed by atoms with E-state index in [0.717, 1.165) is 31.6 Å². The molecule has 0 unspecified atom stereocenters. The van der Waals surface area contributed by atoms with Crippen molar-refractivity contribution >= 4 is 22.1 Å². The number of rotatable bonds is 3. The first-order chi connectivity index (χ1) is 8.04. The fourth-order valence-corrected chi connectivity index (χ4v) is 3.47. The van der Waals surface area contributed by atoms with Crippen molar-refractivity contribution in [3.05, 3.63) is 16.0 Å². The lowest BCUT2D eigenvalue weighted by atomic mass is 9.95. The lowest BCUT2D eigenvalue weighted by Crippen LogP contribution is -2.30. The number of hydrogen-bond donors (Lipinski definition) is 1. The van der Waals surface area contributed by atoms with Crippen LogP contribution in [0.4, 0.5) is 5.00 Å². The number of hydrogen-bond acceptors (Lipinski definition) is 4. The Kier molecular flexibility index (Phi) is 3.54. The first-order valence-corrected chi connectivity index (χ1v) is 7.02. The third kappa shape index (κ3) is 2.24. The maximum absolute atomic E-state index is 12.2. The molecule has 1 aliphatic heterocycles. The first-order valence-electron chi connectivity index (χ1n) is 6.21. The number of nitrogens with zero attached hydrogens (tertiary/aromatic N) is 1. The molecule has 0 fully saturated rings. The highest BCUT2D eigenvalue weighted by atomic mass is 32.1. The summed E-state index contributed by atoms with van der Waals surface area (Å²) >= 11 is 1.60. The lowest BCUT2D eigenvalue weighted by Gasteiger charge is -2.25. The van der Waals surface area contributed by atoms with Crippen molar-refractivity contribution in [3.63, 3.8) is 0 Å². The molecule has 94 valence electrons. The topological polar surface area (TPSA) is 46.3 Å². The van der Waals surface area contributed by atoms with E-state index in [1.165, 1.54) is 10.4 Å². The molecule has 0 atom stereocenters. The number of nitrogens with two attached hydrogens (primary N) is 1. The number of fused-ring (bicyclic) bond motifs is 1. The summed E-state index contributed by atoms with van der Waals surface area (Å²) in [5, 5.41) is 0.714. The smallest absolute Gasteiger partial charge is 0.168 e. The van der Waals surface area contributed by atoms with Crippen molar-refractivity contribution in [2.24, 2.45) is 5.92 Å². The number of carbonyl (C=O) groups excluding carboxylic acids is 1. The highest BCUT2D eigenvalue weighted by molar-refractivity contribution is 7.16. The summed E-state index contributed by atoms with van der Waals surface area (Å²) in [5.74, 6) is 0.227. The fourth-order valence-electron chi connectivity index (χ4n) is 2.31. The Labute approximate surface area is 107 Å². The van der Waals surface area contributed by atoms with Crippen LogP contribution < -0.4 is 5.73 Å². The van der Waals surface area contributed by atoms with Crippen LogP contribution in [0.15, 0.2) is 0 Å². The molecule has 0 radical (unpaired) electrons. The molecular formula is C13H20N2OS. The number of thiophene rings is 1. The van der Waals surface area contributed by atoms with Crippen molar-refractivity contribution in [1.82, 2.24) is 4.90 Å². The molecule has 1 aromatic rings. The standard InChI is InChI=1S/C13H20N2OS/c1-4-15-6-5-9-10(7-15)17-13(14)11(9)12(16)8(2)3/h8H,4-7,14H2,1-3H3. The number of carbonyl (C=O) groups is 1. The van der Waals surface area contributed by atoms with E-state index < -0.39 is 0 Å². The van der Waals surface area contributed by atoms with Gasteiger partial charge < -0.3 is 5.73 Å². The van der Waals surface area contributed by atoms with Gasteiger partial charge in [-0.25, -0.2) is 0 Å². The minimum Gasteiger partial charge on any atom is -0.390 e. The quantitative estimate of drug-likeness (QED) is 0.841. The van der Waals surface area contributed by atoms with Gasteiger partial charge >= 0.3 is 0 Å². The van der Waals surface area contributed by atoms with Crippen LogP contribution in [0.1, 0.15) is 41.6 Å². The van der Waals surface area contributed by atoms with Crippen LogP contribution in [0.25, 0.3) is 0 Å². The zero-order valence-corrected chi connectivity index (χ0v) is 11.6. The monoisotopic (exact) mass is 252 g/mol. The molecule has 0 amide bonds. The minimum absolute atomic E-state index is 0.0280. The summed E-state index contributed by atoms with van der Waals surface area (Å²) < 4.78 is 0. The molecular weight excluding hydrogens is 232 g/mol. The Balaban J connectivity index is 2.37. The van der Waals surface area contributed by atoms with Crippen molar-refractivity contribution in [2.75, 3.05) is 18.8 Å². The Morgan fingerprint density at radius 1 is 1.53 bits per heavy atom. The molecule has 0 bridgehead atoms. The Morgan fingerprint density at radius 3 is 2.82 bits per heavy atom. The van der Waals surface area contributed by atoms with Gasteiger partial charge in [-0.3, -0.25) is 9.69 Å². The number of likely N-dealkylation sites (N-methyl/N-ethyl adjacent to an activating group) is 1. The van der Waals surface area contributed by atoms with Gasteiger partial charge in [0.25, 0.3) is 0 Å². The highest BCUT2D eigenvalue weighted by Gasteiger charge is 2.27. The molecule has 0 saturated heterocycles. The van der Waals surface area contributed by atoms with E-state index in [4.69, 9.17) is 5.73 Å². The largest absolute Gasteiger partial charge is 0.390 e. The Bertz CT molecular complexity index is 437. The average Bonchev–Trinajstić information content (AvgIpc) is 2.62. The van der Waals surface area contributed by atoms with Crippen LogP contribution in [0, 0.1) is 5.92 Å². The summed E-state index contributed by atoms with van der Waals surface area (Å²) in [7, 11) is 0. The van der Waals surface area contributed by atoms with Crippen LogP contribution in [-0.4, -0.2) is 23.8 Å². The third-order valence-electron chi connectivity index (χ3n) is 3.38. The summed E-state index contributed by atoms with van der Waals surface area (Å²) in [4.78, 5) is 15.8. The van der Waals surface area contributed by atoms with Gasteiger partial charge in [0.1, 0.15) is 0 Å². The van der Waals surface area contributed by atoms with Gasteiger partial charge in [-0.05, 0) is 18.5 Å². The summed E-state index contributed by atoms with van der Waals surface area (Å²) in [6, 6.07) is 0. The predicted octanol–water partition coefficient (Wildman–Crippen LogP) is 2.55. The lowest BCUT2D eigenvalue weighted by molar-refractivity contribution is 0.0939. The van der Waals surface area contributed by atoms with Crippen LogP contribution in [-0.2, 0) is 13.0 Å². The molecule has 1 aliphatic rings. The molecule has 2 N–H and O–H groups in total. The van der Waals surface area contributed by atoms with Gasteiger partial charge in [-0.2, -0.15) is 0 Å². The number of Topliss-reactive ketones (excluding diaryl/α,β-unsaturated/α-hetero) is 1. The fraction of sp³-hybridized carbons (Fsp3) is 0.615. The van der Waals surface area contributed by atoms with Crippen LogP contribution in [0.5, 0.6) is 0 Å². The SMILES string of the molecule is CCN1CCc2c(sc(N)c2C(=O)C(C)C)C1. The van der Waals surface area contributed by atoms with Gasteiger partial charge in [-0.15, -0.1) is 11.3 Å². The van der Waals surface area contributed by atoms with E-state index in [1.54, 1.807) is 11.3 Å². The molecule has 2 heterocycles. The third-order valence-corrected chi connectivity index (χ3v) is 4.43. The van der Waals surface area contributed by atoms with Crippen molar-refractivity contribution in [1.29, 1.82) is 0 Å². The second kappa shape index (κ2) is 4.78. The number of ketones is 1. The van der Waals surface area contributed by atoms with E-state index in [-0.39, 0.29) is 11.7 Å². The Hall–Kier alpha value is -0.870. The van der Waals surface area contributed by atoms with Gasteiger partial charge in [0.05, 0.1) is 10.6 Å². The molecule has 0 aromatic carbocycles. The summed E-state index contributed by atoms with van der Waals surface area (Å²) in [6.45, 7) is 9.09. The van der Waals surface area contributed by atoms with Crippen LogP contribution in [0.3, 0.4) is 0 Å². The normalized spacial score (nSPS) is 16.2. The minimum atomic E-state index is 0.0280. The van der Waals surface area contributed by atoms with E-state index in [0.29, 0.717) is 5.00 Å². The van der Waals surface area contributed by atoms with Crippen molar-refractivity contribution in [2.45, 2.75) is 33.7 Å². The van der Waals surface area contributed by atoms with Crippen molar-refractivity contribution < 1.29 is 4.79 Å². The molecule has 1 aromatic heterocycles. The van der Waals surface area contributed by atoms with Crippen molar-refractivity contribution in [3.8, 4) is 0 Å². The summed E-state index contributed by atoms with van der Waals surface area (Å²) in [6.07, 6.45) is 0.963. The van der Waals surface area contributed by atoms with Gasteiger partial charge in [0.2, 0.25) is 0 Å². The van der Waals surface area contributed by atoms with Gasteiger partial charge in [0, 0.05) is 23.9 Å². The first kappa shape index (κ1) is 12.6. The number of anilines is 1. The second-order valence-corrected chi connectivity index (χ2v) is 6.02. The van der Waals surface area contributed by atoms with Crippen LogP contribution in [0.2, 0.25) is 0 Å². The molecule has 2 rings (SSSR count). The van der Waals surface area contributed by atoms with E-state index in [1.807, 2.05) is 13.8 Å². The summed E-state index contributed by atoms with van der Waals surface area (Å²) in [5.41, 5.74) is 8.06. The molecule has 0 spiro atoms. The molecule has 0 saturated carbocycles. The average molecular weight is 252 g/mol. The highest BCUT2D eigenvalue weighted by Crippen LogP contribution is 2.36. The van der Waals surface area contributed by atoms with Gasteiger partial charge in [-0.1, -0.05) is 20.8 Å². The van der Waals surface area contributed by atoms with E-state index in [2.05, 4.69) is 11.8 Å². The maximum atomic E-state index is 12.2. The zero-order valence-electron chi connectivity index (χ0n) is 10.7. The Morgan fingerprint density at radius 2 is 2.24 bits per heavy atom. The van der Waals surface area contributed by atoms with E-state index in [9.17, 15) is 4.79 Å². The maximum Gasteiger partial charge on any atom is 0.168 e. The molecule has 0 aliphatic carbocycles. The van der Waals surface area contributed by atoms with Gasteiger partial charge in [0.15, 0.2) is 5.78 Å². The van der Waals surface area contributed by atoms with Crippen LogP contribution >= 0.6 is 11.3 Å². The second-order valence-electron chi connectivity index (χ2n) is 4.88. The molecule has 4 heteroatoms. The number of nitrogen functional groups attached to an aromatic ring is 1. The predicted molar refractivity (Wildman–Crippen MR) is 72.6 cm³/mol.